The molecule has 0 atom stereocenters. The fraction of sp³-hybridized carbons (Fsp3) is 0.222. The van der Waals surface area contributed by atoms with Crippen LogP contribution in [0.15, 0.2) is 77.7 Å². The third-order valence-corrected chi connectivity index (χ3v) is 6.57. The Kier molecular flexibility index (Phi) is 7.04. The van der Waals surface area contributed by atoms with Crippen molar-refractivity contribution in [2.45, 2.75) is 39.3 Å². The zero-order chi connectivity index (χ0) is 24.9. The molecule has 1 N–H and O–H groups in total. The summed E-state index contributed by atoms with van der Waals surface area (Å²) in [5.41, 5.74) is 5.39. The Balaban J connectivity index is 1.48. The molecule has 0 fully saturated rings. The second-order valence-corrected chi connectivity index (χ2v) is 8.99. The van der Waals surface area contributed by atoms with Crippen LogP contribution in [0.25, 0.3) is 22.5 Å². The van der Waals surface area contributed by atoms with E-state index >= 15 is 0 Å². The number of rotatable bonds is 9. The van der Waals surface area contributed by atoms with Gasteiger partial charge in [0.15, 0.2) is 0 Å². The zero-order valence-corrected chi connectivity index (χ0v) is 20.7. The highest BCUT2D eigenvalue weighted by Crippen LogP contribution is 2.25. The number of tetrazole rings is 1. The lowest BCUT2D eigenvalue weighted by atomic mass is 10.0. The summed E-state index contributed by atoms with van der Waals surface area (Å²) in [5, 5.41) is 14.8. The molecule has 3 aromatic heterocycles. The number of imidazole rings is 1. The van der Waals surface area contributed by atoms with Crippen molar-refractivity contribution in [3.63, 3.8) is 0 Å². The van der Waals surface area contributed by atoms with Gasteiger partial charge in [-0.1, -0.05) is 73.5 Å². The van der Waals surface area contributed by atoms with E-state index in [0.29, 0.717) is 24.1 Å². The van der Waals surface area contributed by atoms with Gasteiger partial charge < -0.3 is 0 Å². The molecule has 0 radical (unpaired) electrons. The highest BCUT2D eigenvalue weighted by molar-refractivity contribution is 6.30. The first-order valence-corrected chi connectivity index (χ1v) is 12.3. The number of pyridine rings is 1. The van der Waals surface area contributed by atoms with E-state index in [1.54, 1.807) is 15.3 Å². The van der Waals surface area contributed by atoms with Crippen LogP contribution in [0.3, 0.4) is 0 Å². The molecule has 0 aliphatic rings. The number of benzene rings is 2. The number of hydrogen-bond donors (Lipinski definition) is 1. The molecule has 0 saturated heterocycles. The van der Waals surface area contributed by atoms with E-state index in [-0.39, 0.29) is 5.69 Å². The van der Waals surface area contributed by atoms with Crippen LogP contribution >= 0.6 is 11.6 Å². The van der Waals surface area contributed by atoms with E-state index in [2.05, 4.69) is 32.5 Å². The number of aromatic nitrogens is 7. The second kappa shape index (κ2) is 10.7. The van der Waals surface area contributed by atoms with Crippen LogP contribution in [-0.4, -0.2) is 34.7 Å². The van der Waals surface area contributed by atoms with E-state index in [1.165, 1.54) is 0 Å². The minimum absolute atomic E-state index is 0.124. The number of nitrogens with one attached hydrogen (secondary N) is 1. The number of halogens is 1. The van der Waals surface area contributed by atoms with Crippen LogP contribution in [-0.2, 0) is 19.5 Å². The first-order valence-electron chi connectivity index (χ1n) is 11.9. The van der Waals surface area contributed by atoms with E-state index < -0.39 is 0 Å². The van der Waals surface area contributed by atoms with Gasteiger partial charge in [-0.2, -0.15) is 5.21 Å². The molecule has 0 aliphatic carbocycles. The van der Waals surface area contributed by atoms with Crippen LogP contribution in [0.4, 0.5) is 0 Å². The van der Waals surface area contributed by atoms with Gasteiger partial charge in [0.1, 0.15) is 5.15 Å². The van der Waals surface area contributed by atoms with Crippen LogP contribution in [0.1, 0.15) is 36.7 Å². The zero-order valence-electron chi connectivity index (χ0n) is 19.9. The third-order valence-electron chi connectivity index (χ3n) is 6.15. The van der Waals surface area contributed by atoms with Crippen molar-refractivity contribution in [3.05, 3.63) is 106 Å². The largest absolute Gasteiger partial charge is 0.330 e. The number of H-pyrrole nitrogens is 1. The van der Waals surface area contributed by atoms with E-state index in [0.717, 1.165) is 52.9 Å². The Bertz CT molecular complexity index is 1510. The van der Waals surface area contributed by atoms with Gasteiger partial charge >= 0.3 is 5.69 Å². The van der Waals surface area contributed by atoms with Crippen molar-refractivity contribution in [1.29, 1.82) is 0 Å². The standard InChI is InChI=1S/C27H26ClN7O/c1-2-3-12-24-25(28)35(17-19-8-5-4-6-9-19)27(36)34(24)18-23-16-21(13-14-29-23)20-10-7-11-22(15-20)26-30-32-33-31-26/h4-11,13-16H,2-3,12,17-18H2,1H3,(H,30,31,32,33). The fourth-order valence-electron chi connectivity index (χ4n) is 4.29. The Morgan fingerprint density at radius 2 is 1.72 bits per heavy atom. The second-order valence-electron chi connectivity index (χ2n) is 8.63. The maximum Gasteiger partial charge on any atom is 0.330 e. The average Bonchev–Trinajstić information content (AvgIpc) is 3.53. The van der Waals surface area contributed by atoms with Crippen LogP contribution < -0.4 is 5.69 Å². The summed E-state index contributed by atoms with van der Waals surface area (Å²) in [6.45, 7) is 2.91. The molecule has 36 heavy (non-hydrogen) atoms. The molecule has 0 saturated carbocycles. The van der Waals surface area contributed by atoms with E-state index in [1.807, 2.05) is 66.7 Å². The van der Waals surface area contributed by atoms with Crippen LogP contribution in [0, 0.1) is 0 Å². The topological polar surface area (TPSA) is 94.3 Å². The van der Waals surface area contributed by atoms with Gasteiger partial charge in [-0.3, -0.25) is 14.1 Å². The smallest absolute Gasteiger partial charge is 0.289 e. The van der Waals surface area contributed by atoms with Crippen molar-refractivity contribution in [1.82, 2.24) is 34.7 Å². The molecule has 5 rings (SSSR count). The number of nitrogens with zero attached hydrogens (tertiary/aromatic N) is 6. The van der Waals surface area contributed by atoms with Gasteiger partial charge in [0.25, 0.3) is 0 Å². The highest BCUT2D eigenvalue weighted by Gasteiger charge is 2.19. The molecule has 182 valence electrons. The van der Waals surface area contributed by atoms with Crippen molar-refractivity contribution in [2.24, 2.45) is 0 Å². The summed E-state index contributed by atoms with van der Waals surface area (Å²) < 4.78 is 3.42. The van der Waals surface area contributed by atoms with Gasteiger partial charge in [0.2, 0.25) is 5.82 Å². The number of unbranched alkanes of at least 4 members (excludes halogenated alkanes) is 1. The maximum absolute atomic E-state index is 13.5. The SMILES string of the molecule is CCCCc1c(Cl)n(Cc2ccccc2)c(=O)n1Cc1cc(-c2cccc(-c3nn[nH]n3)c2)ccn1. The Morgan fingerprint density at radius 1 is 0.917 bits per heavy atom. The summed E-state index contributed by atoms with van der Waals surface area (Å²) in [6, 6.07) is 21.8. The lowest BCUT2D eigenvalue weighted by molar-refractivity contribution is 0.647. The van der Waals surface area contributed by atoms with Crippen molar-refractivity contribution >= 4 is 11.6 Å². The molecule has 0 unspecified atom stereocenters. The normalized spacial score (nSPS) is 11.2. The molecule has 3 heterocycles. The Hall–Kier alpha value is -4.04. The molecular formula is C27H26ClN7O. The van der Waals surface area contributed by atoms with Gasteiger partial charge in [0.05, 0.1) is 24.5 Å². The monoisotopic (exact) mass is 499 g/mol. The quantitative estimate of drug-likeness (QED) is 0.308. The molecule has 0 bridgehead atoms. The fourth-order valence-corrected chi connectivity index (χ4v) is 4.62. The van der Waals surface area contributed by atoms with E-state index in [4.69, 9.17) is 11.6 Å². The van der Waals surface area contributed by atoms with Gasteiger partial charge in [-0.05, 0) is 52.9 Å². The number of aromatic amines is 1. The van der Waals surface area contributed by atoms with Crippen molar-refractivity contribution in [2.75, 3.05) is 0 Å². The third kappa shape index (κ3) is 4.99. The first kappa shape index (κ1) is 23.7. The summed E-state index contributed by atoms with van der Waals surface area (Å²) in [7, 11) is 0. The molecular weight excluding hydrogens is 474 g/mol. The van der Waals surface area contributed by atoms with Gasteiger partial charge in [-0.15, -0.1) is 10.2 Å². The van der Waals surface area contributed by atoms with Gasteiger partial charge in [0, 0.05) is 11.8 Å². The summed E-state index contributed by atoms with van der Waals surface area (Å²) in [5.74, 6) is 0.535. The lowest BCUT2D eigenvalue weighted by Gasteiger charge is -2.09. The first-order chi connectivity index (χ1) is 17.6. The maximum atomic E-state index is 13.5. The Morgan fingerprint density at radius 3 is 2.50 bits per heavy atom. The molecule has 8 nitrogen and oxygen atoms in total. The summed E-state index contributed by atoms with van der Waals surface area (Å²) in [4.78, 5) is 18.1. The van der Waals surface area contributed by atoms with Crippen LogP contribution in [0.5, 0.6) is 0 Å². The molecule has 0 aliphatic heterocycles. The summed E-state index contributed by atoms with van der Waals surface area (Å²) >= 11 is 6.78. The highest BCUT2D eigenvalue weighted by atomic mass is 35.5. The molecule has 2 aromatic carbocycles. The van der Waals surface area contributed by atoms with Gasteiger partial charge in [-0.25, -0.2) is 4.79 Å². The van der Waals surface area contributed by atoms with Crippen molar-refractivity contribution in [3.8, 4) is 22.5 Å². The molecule has 0 amide bonds. The lowest BCUT2D eigenvalue weighted by Crippen LogP contribution is -2.26. The van der Waals surface area contributed by atoms with Crippen molar-refractivity contribution < 1.29 is 0 Å². The minimum atomic E-state index is -0.124. The Labute approximate surface area is 213 Å². The summed E-state index contributed by atoms with van der Waals surface area (Å²) in [6.07, 6.45) is 4.47. The average molecular weight is 500 g/mol. The number of hydrogen-bond acceptors (Lipinski definition) is 5. The minimum Gasteiger partial charge on any atom is -0.289 e. The predicted octanol–water partition coefficient (Wildman–Crippen LogP) is 4.98. The molecule has 0 spiro atoms. The molecule has 5 aromatic rings. The van der Waals surface area contributed by atoms with E-state index in [9.17, 15) is 4.79 Å². The molecule has 9 heteroatoms. The predicted molar refractivity (Wildman–Crippen MR) is 140 cm³/mol. The van der Waals surface area contributed by atoms with Crippen LogP contribution in [0.2, 0.25) is 5.15 Å².